The van der Waals surface area contributed by atoms with Gasteiger partial charge in [-0.05, 0) is 36.2 Å². The van der Waals surface area contributed by atoms with Crippen molar-refractivity contribution in [2.45, 2.75) is 18.2 Å². The molecule has 0 saturated heterocycles. The van der Waals surface area contributed by atoms with E-state index in [9.17, 15) is 8.42 Å². The van der Waals surface area contributed by atoms with Gasteiger partial charge in [-0.2, -0.15) is 18.4 Å². The van der Waals surface area contributed by atoms with Crippen molar-refractivity contribution < 1.29 is 8.42 Å². The van der Waals surface area contributed by atoms with Crippen LogP contribution >= 0.6 is 11.6 Å². The van der Waals surface area contributed by atoms with Crippen LogP contribution in [0.25, 0.3) is 0 Å². The van der Waals surface area contributed by atoms with E-state index in [1.165, 1.54) is 12.1 Å². The highest BCUT2D eigenvalue weighted by molar-refractivity contribution is 7.89. The van der Waals surface area contributed by atoms with Gasteiger partial charge in [-0.25, -0.2) is 0 Å². The quantitative estimate of drug-likeness (QED) is 0.677. The molecule has 6 heteroatoms. The molecule has 0 saturated carbocycles. The van der Waals surface area contributed by atoms with Crippen LogP contribution in [0.1, 0.15) is 18.9 Å². The zero-order chi connectivity index (χ0) is 15.3. The highest BCUT2D eigenvalue weighted by atomic mass is 35.5. The fourth-order valence-corrected chi connectivity index (χ4v) is 2.73. The Morgan fingerprint density at radius 2 is 1.71 bits per heavy atom. The molecule has 2 aromatic carbocycles. The summed E-state index contributed by atoms with van der Waals surface area (Å²) in [6.45, 7) is 1.91. The van der Waals surface area contributed by atoms with Crippen molar-refractivity contribution in [3.63, 3.8) is 0 Å². The number of nitrogens with zero attached hydrogens (tertiary/aromatic N) is 1. The first-order valence-corrected chi connectivity index (χ1v) is 8.28. The van der Waals surface area contributed by atoms with Crippen LogP contribution in [-0.2, 0) is 10.0 Å². The molecule has 110 valence electrons. The average molecular weight is 323 g/mol. The van der Waals surface area contributed by atoms with Gasteiger partial charge < -0.3 is 0 Å². The lowest BCUT2D eigenvalue weighted by molar-refractivity contribution is 0.584. The lowest BCUT2D eigenvalue weighted by Gasteiger charge is -2.07. The van der Waals surface area contributed by atoms with Gasteiger partial charge in [0.1, 0.15) is 0 Å². The number of hydrogen-bond donors (Lipinski definition) is 1. The topological polar surface area (TPSA) is 58.5 Å². The molecular formula is C15H15ClN2O2S. The summed E-state index contributed by atoms with van der Waals surface area (Å²) in [5.41, 5.74) is 1.48. The number of hydrogen-bond acceptors (Lipinski definition) is 3. The lowest BCUT2D eigenvalue weighted by Crippen LogP contribution is -2.20. The number of halogens is 1. The Kier molecular flexibility index (Phi) is 4.98. The highest BCUT2D eigenvalue weighted by Crippen LogP contribution is 2.12. The smallest absolute Gasteiger partial charge is 0.200 e. The Labute approximate surface area is 129 Å². The Morgan fingerprint density at radius 3 is 2.29 bits per heavy atom. The minimum Gasteiger partial charge on any atom is -0.200 e. The van der Waals surface area contributed by atoms with E-state index in [2.05, 4.69) is 9.93 Å². The van der Waals surface area contributed by atoms with Crippen molar-refractivity contribution in [1.82, 2.24) is 4.83 Å². The molecule has 0 radical (unpaired) electrons. The van der Waals surface area contributed by atoms with Crippen molar-refractivity contribution in [1.29, 1.82) is 0 Å². The summed E-state index contributed by atoms with van der Waals surface area (Å²) in [4.78, 5) is 2.45. The van der Waals surface area contributed by atoms with Crippen LogP contribution in [0, 0.1) is 0 Å². The molecule has 21 heavy (non-hydrogen) atoms. The van der Waals surface area contributed by atoms with E-state index in [1.807, 2.05) is 19.1 Å². The highest BCUT2D eigenvalue weighted by Gasteiger charge is 2.12. The second-order valence-electron chi connectivity index (χ2n) is 4.33. The average Bonchev–Trinajstić information content (AvgIpc) is 2.50. The number of hydrazone groups is 1. The van der Waals surface area contributed by atoms with Crippen molar-refractivity contribution in [2.75, 3.05) is 0 Å². The maximum atomic E-state index is 12.1. The molecule has 0 fully saturated rings. The van der Waals surface area contributed by atoms with E-state index < -0.39 is 10.0 Å². The molecule has 0 amide bonds. The van der Waals surface area contributed by atoms with Gasteiger partial charge in [0.25, 0.3) is 10.0 Å². The van der Waals surface area contributed by atoms with Gasteiger partial charge >= 0.3 is 0 Å². The first-order valence-electron chi connectivity index (χ1n) is 6.42. The van der Waals surface area contributed by atoms with E-state index in [1.54, 1.807) is 30.3 Å². The lowest BCUT2D eigenvalue weighted by atomic mass is 10.1. The number of benzene rings is 2. The summed E-state index contributed by atoms with van der Waals surface area (Å²) in [5.74, 6) is 0. The predicted molar refractivity (Wildman–Crippen MR) is 85.0 cm³/mol. The summed E-state index contributed by atoms with van der Waals surface area (Å²) in [7, 11) is -3.65. The van der Waals surface area contributed by atoms with Crippen molar-refractivity contribution in [3.8, 4) is 0 Å². The molecule has 2 rings (SSSR count). The summed E-state index contributed by atoms with van der Waals surface area (Å²) < 4.78 is 24.2. The van der Waals surface area contributed by atoms with E-state index in [0.717, 1.165) is 5.56 Å². The van der Waals surface area contributed by atoms with Crippen LogP contribution in [-0.4, -0.2) is 14.1 Å². The SMILES string of the molecule is CCC(=NNS(=O)(=O)c1ccccc1)c1ccc(Cl)cc1. The van der Waals surface area contributed by atoms with Crippen LogP contribution in [0.2, 0.25) is 5.02 Å². The first-order chi connectivity index (χ1) is 10.0. The molecule has 0 aliphatic carbocycles. The minimum atomic E-state index is -3.65. The van der Waals surface area contributed by atoms with Crippen molar-refractivity contribution in [3.05, 3.63) is 65.2 Å². The Bertz CT molecular complexity index is 726. The van der Waals surface area contributed by atoms with Crippen LogP contribution in [0.15, 0.2) is 64.6 Å². The normalized spacial score (nSPS) is 12.2. The summed E-state index contributed by atoms with van der Waals surface area (Å²) in [5, 5.41) is 4.65. The summed E-state index contributed by atoms with van der Waals surface area (Å²) >= 11 is 5.84. The van der Waals surface area contributed by atoms with E-state index in [-0.39, 0.29) is 4.90 Å². The molecule has 0 heterocycles. The second kappa shape index (κ2) is 6.74. The first kappa shape index (κ1) is 15.5. The molecule has 0 unspecified atom stereocenters. The predicted octanol–water partition coefficient (Wildman–Crippen LogP) is 3.43. The zero-order valence-electron chi connectivity index (χ0n) is 11.5. The van der Waals surface area contributed by atoms with Gasteiger partial charge in [-0.3, -0.25) is 0 Å². The summed E-state index contributed by atoms with van der Waals surface area (Å²) in [6, 6.07) is 15.2. The third-order valence-electron chi connectivity index (χ3n) is 2.87. The van der Waals surface area contributed by atoms with Gasteiger partial charge in [0.15, 0.2) is 0 Å². The third-order valence-corrected chi connectivity index (χ3v) is 4.34. The van der Waals surface area contributed by atoms with Crippen molar-refractivity contribution in [2.24, 2.45) is 5.10 Å². The van der Waals surface area contributed by atoms with Crippen LogP contribution in [0.5, 0.6) is 0 Å². The summed E-state index contributed by atoms with van der Waals surface area (Å²) in [6.07, 6.45) is 0.596. The molecule has 0 bridgehead atoms. The third kappa shape index (κ3) is 4.06. The standard InChI is InChI=1S/C15H15ClN2O2S/c1-2-15(12-8-10-13(16)11-9-12)17-18-21(19,20)14-6-4-3-5-7-14/h3-11,18H,2H2,1H3. The van der Waals surface area contributed by atoms with Gasteiger partial charge in [-0.15, -0.1) is 0 Å². The second-order valence-corrected chi connectivity index (χ2v) is 6.42. The maximum absolute atomic E-state index is 12.1. The number of rotatable bonds is 5. The molecule has 0 aromatic heterocycles. The molecule has 0 atom stereocenters. The number of sulfonamides is 1. The maximum Gasteiger partial charge on any atom is 0.276 e. The van der Waals surface area contributed by atoms with Crippen molar-refractivity contribution >= 4 is 27.3 Å². The molecule has 2 aromatic rings. The largest absolute Gasteiger partial charge is 0.276 e. The fraction of sp³-hybridized carbons (Fsp3) is 0.133. The van der Waals surface area contributed by atoms with Gasteiger partial charge in [0.05, 0.1) is 10.6 Å². The van der Waals surface area contributed by atoms with Gasteiger partial charge in [0.2, 0.25) is 0 Å². The van der Waals surface area contributed by atoms with E-state index >= 15 is 0 Å². The monoisotopic (exact) mass is 322 g/mol. The van der Waals surface area contributed by atoms with Gasteiger partial charge in [0, 0.05) is 5.02 Å². The van der Waals surface area contributed by atoms with E-state index in [0.29, 0.717) is 17.2 Å². The van der Waals surface area contributed by atoms with Gasteiger partial charge in [-0.1, -0.05) is 48.9 Å². The molecule has 0 aliphatic heterocycles. The number of nitrogens with one attached hydrogen (secondary N) is 1. The fourth-order valence-electron chi connectivity index (χ4n) is 1.76. The Morgan fingerprint density at radius 1 is 1.10 bits per heavy atom. The van der Waals surface area contributed by atoms with Crippen LogP contribution in [0.3, 0.4) is 0 Å². The van der Waals surface area contributed by atoms with Crippen LogP contribution < -0.4 is 4.83 Å². The zero-order valence-corrected chi connectivity index (χ0v) is 13.0. The Hall–Kier alpha value is -1.85. The Balaban J connectivity index is 2.24. The molecular weight excluding hydrogens is 308 g/mol. The molecule has 4 nitrogen and oxygen atoms in total. The molecule has 1 N–H and O–H groups in total. The molecule has 0 aliphatic rings. The van der Waals surface area contributed by atoms with E-state index in [4.69, 9.17) is 11.6 Å². The molecule has 0 spiro atoms. The van der Waals surface area contributed by atoms with Crippen LogP contribution in [0.4, 0.5) is 0 Å². The minimum absolute atomic E-state index is 0.181.